The van der Waals surface area contributed by atoms with E-state index in [4.69, 9.17) is 20.3 Å². The monoisotopic (exact) mass is 311 g/mol. The quantitative estimate of drug-likeness (QED) is 0.329. The van der Waals surface area contributed by atoms with E-state index in [-0.39, 0.29) is 12.5 Å². The van der Waals surface area contributed by atoms with Gasteiger partial charge in [-0.1, -0.05) is 32.1 Å². The number of carboxylic acids is 1. The first-order valence-electron chi connectivity index (χ1n) is 7.63. The molecule has 2 atom stereocenters. The van der Waals surface area contributed by atoms with E-state index in [1.807, 2.05) is 13.8 Å². The van der Waals surface area contributed by atoms with Gasteiger partial charge in [0, 0.05) is 6.61 Å². The maximum absolute atomic E-state index is 10.7. The van der Waals surface area contributed by atoms with Crippen LogP contribution in [0.25, 0.3) is 0 Å². The van der Waals surface area contributed by atoms with Crippen LogP contribution >= 0.6 is 0 Å². The van der Waals surface area contributed by atoms with Crippen LogP contribution < -0.4 is 5.73 Å². The van der Waals surface area contributed by atoms with E-state index in [1.165, 1.54) is 0 Å². The number of allylic oxidation sites excluding steroid dienone is 4. The van der Waals surface area contributed by atoms with Gasteiger partial charge in [0.05, 0.1) is 11.9 Å². The second-order valence-corrected chi connectivity index (χ2v) is 5.22. The number of hydrogen-bond donors (Lipinski definition) is 2. The summed E-state index contributed by atoms with van der Waals surface area (Å²) in [6.07, 6.45) is 7.59. The van der Waals surface area contributed by atoms with Crippen LogP contribution in [-0.4, -0.2) is 36.4 Å². The van der Waals surface area contributed by atoms with Crippen LogP contribution in [-0.2, 0) is 14.3 Å². The molecule has 0 aromatic heterocycles. The second kappa shape index (κ2) is 12.0. The minimum Gasteiger partial charge on any atom is -0.496 e. The summed E-state index contributed by atoms with van der Waals surface area (Å²) < 4.78 is 11.2. The molecule has 0 amide bonds. The van der Waals surface area contributed by atoms with E-state index in [9.17, 15) is 4.79 Å². The molecule has 0 saturated carbocycles. The molecular formula is C17H29NO4. The summed E-state index contributed by atoms with van der Waals surface area (Å²) in [5.41, 5.74) is 6.25. The van der Waals surface area contributed by atoms with Crippen LogP contribution in [0.15, 0.2) is 36.1 Å². The minimum atomic E-state index is -1.03. The van der Waals surface area contributed by atoms with Crippen molar-refractivity contribution in [2.45, 2.75) is 52.2 Å². The number of aliphatic carboxylic acids is 1. The Kier molecular flexibility index (Phi) is 11.1. The number of carboxylic acid groups (broad SMARTS) is 1. The van der Waals surface area contributed by atoms with Gasteiger partial charge >= 0.3 is 5.97 Å². The number of carbonyl (C=O) groups is 1. The first-order chi connectivity index (χ1) is 10.4. The highest BCUT2D eigenvalue weighted by molar-refractivity contribution is 5.73. The fourth-order valence-electron chi connectivity index (χ4n) is 1.56. The molecule has 2 unspecified atom stereocenters. The fourth-order valence-corrected chi connectivity index (χ4v) is 1.56. The van der Waals surface area contributed by atoms with Gasteiger partial charge in [-0.05, 0) is 38.3 Å². The van der Waals surface area contributed by atoms with Crippen molar-refractivity contribution in [2.24, 2.45) is 5.73 Å². The molecule has 0 aromatic rings. The van der Waals surface area contributed by atoms with Crippen molar-refractivity contribution in [1.82, 2.24) is 0 Å². The first kappa shape index (κ1) is 20.4. The van der Waals surface area contributed by atoms with E-state index < -0.39 is 12.0 Å². The van der Waals surface area contributed by atoms with Crippen molar-refractivity contribution in [2.75, 3.05) is 13.2 Å². The standard InChI is InChI=1S/C17H29NO4/c1-5-7-10-21-14(4)12-22-13(3)8-9-15(6-2)11-16(18)17(19)20/h6,8-9,14,16H,2,5,7,10-12,18H2,1,3-4H3,(H,19,20)/b13-8+,15-9+. The molecule has 0 saturated heterocycles. The fraction of sp³-hybridized carbons (Fsp3) is 0.588. The normalized spacial score (nSPS) is 15.3. The van der Waals surface area contributed by atoms with Gasteiger partial charge in [-0.25, -0.2) is 0 Å². The van der Waals surface area contributed by atoms with Gasteiger partial charge in [0.25, 0.3) is 0 Å². The molecule has 0 aliphatic carbocycles. The molecule has 0 aromatic carbocycles. The number of ether oxygens (including phenoxy) is 2. The van der Waals surface area contributed by atoms with Crippen molar-refractivity contribution < 1.29 is 19.4 Å². The zero-order chi connectivity index (χ0) is 17.0. The van der Waals surface area contributed by atoms with Crippen molar-refractivity contribution in [3.63, 3.8) is 0 Å². The molecule has 5 nitrogen and oxygen atoms in total. The Morgan fingerprint density at radius 1 is 1.41 bits per heavy atom. The summed E-state index contributed by atoms with van der Waals surface area (Å²) in [6.45, 7) is 10.8. The van der Waals surface area contributed by atoms with E-state index in [1.54, 1.807) is 18.2 Å². The Morgan fingerprint density at radius 2 is 2.09 bits per heavy atom. The average molecular weight is 311 g/mol. The molecule has 0 aliphatic heterocycles. The highest BCUT2D eigenvalue weighted by atomic mass is 16.5. The van der Waals surface area contributed by atoms with Crippen LogP contribution in [0.3, 0.4) is 0 Å². The van der Waals surface area contributed by atoms with E-state index >= 15 is 0 Å². The number of unbranched alkanes of at least 4 members (excludes halogenated alkanes) is 1. The first-order valence-corrected chi connectivity index (χ1v) is 7.63. The van der Waals surface area contributed by atoms with Crippen LogP contribution in [0.2, 0.25) is 0 Å². The van der Waals surface area contributed by atoms with Gasteiger partial charge in [-0.3, -0.25) is 4.79 Å². The molecule has 0 rings (SSSR count). The highest BCUT2D eigenvalue weighted by Crippen LogP contribution is 2.08. The van der Waals surface area contributed by atoms with Crippen molar-refractivity contribution in [3.8, 4) is 0 Å². The van der Waals surface area contributed by atoms with Crippen molar-refractivity contribution >= 4 is 5.97 Å². The van der Waals surface area contributed by atoms with Gasteiger partial charge < -0.3 is 20.3 Å². The van der Waals surface area contributed by atoms with Crippen molar-refractivity contribution in [3.05, 3.63) is 36.1 Å². The lowest BCUT2D eigenvalue weighted by Gasteiger charge is -2.14. The maximum atomic E-state index is 10.7. The second-order valence-electron chi connectivity index (χ2n) is 5.22. The zero-order valence-corrected chi connectivity index (χ0v) is 13.9. The highest BCUT2D eigenvalue weighted by Gasteiger charge is 2.11. The minimum absolute atomic E-state index is 0.0400. The van der Waals surface area contributed by atoms with E-state index in [0.29, 0.717) is 6.61 Å². The summed E-state index contributed by atoms with van der Waals surface area (Å²) in [5, 5.41) is 8.80. The molecule has 126 valence electrons. The Labute approximate surface area is 133 Å². The predicted octanol–water partition coefficient (Wildman–Crippen LogP) is 3.03. The molecule has 0 aliphatic rings. The molecule has 3 N–H and O–H groups in total. The lowest BCUT2D eigenvalue weighted by atomic mass is 10.1. The van der Waals surface area contributed by atoms with Gasteiger partial charge in [0.15, 0.2) is 0 Å². The summed E-state index contributed by atoms with van der Waals surface area (Å²) >= 11 is 0. The van der Waals surface area contributed by atoms with Crippen LogP contribution in [0.5, 0.6) is 0 Å². The number of rotatable bonds is 12. The third-order valence-corrected chi connectivity index (χ3v) is 3.01. The largest absolute Gasteiger partial charge is 0.496 e. The summed E-state index contributed by atoms with van der Waals surface area (Å²) in [5.74, 6) is -0.294. The molecule has 0 bridgehead atoms. The molecule has 22 heavy (non-hydrogen) atoms. The molecule has 5 heteroatoms. The third-order valence-electron chi connectivity index (χ3n) is 3.01. The van der Waals surface area contributed by atoms with Crippen LogP contribution in [0.4, 0.5) is 0 Å². The average Bonchev–Trinajstić information content (AvgIpc) is 2.49. The van der Waals surface area contributed by atoms with E-state index in [2.05, 4.69) is 13.5 Å². The Bertz CT molecular complexity index is 401. The topological polar surface area (TPSA) is 81.8 Å². The lowest BCUT2D eigenvalue weighted by molar-refractivity contribution is -0.138. The summed E-state index contributed by atoms with van der Waals surface area (Å²) in [7, 11) is 0. The van der Waals surface area contributed by atoms with E-state index in [0.717, 1.165) is 30.8 Å². The third kappa shape index (κ3) is 10.2. The SMILES string of the molecule is C=C/C(=C\C=C(/C)OCC(C)OCCCC)CC(N)C(=O)O. The molecule has 0 radical (unpaired) electrons. The molecular weight excluding hydrogens is 282 g/mol. The molecule has 0 fully saturated rings. The van der Waals surface area contributed by atoms with Gasteiger partial charge in [0.1, 0.15) is 12.6 Å². The Balaban J connectivity index is 4.30. The maximum Gasteiger partial charge on any atom is 0.320 e. The molecule has 0 heterocycles. The van der Waals surface area contributed by atoms with Gasteiger partial charge in [-0.2, -0.15) is 0 Å². The molecule has 0 spiro atoms. The predicted molar refractivity (Wildman–Crippen MR) is 88.5 cm³/mol. The summed E-state index contributed by atoms with van der Waals surface area (Å²) in [4.78, 5) is 10.7. The van der Waals surface area contributed by atoms with Gasteiger partial charge in [0.2, 0.25) is 0 Å². The number of nitrogens with two attached hydrogens (primary N) is 1. The number of hydrogen-bond acceptors (Lipinski definition) is 4. The van der Waals surface area contributed by atoms with Crippen LogP contribution in [0.1, 0.15) is 40.0 Å². The van der Waals surface area contributed by atoms with Crippen LogP contribution in [0, 0.1) is 0 Å². The Morgan fingerprint density at radius 3 is 2.64 bits per heavy atom. The van der Waals surface area contributed by atoms with Crippen molar-refractivity contribution in [1.29, 1.82) is 0 Å². The Hall–Kier alpha value is -1.59. The smallest absolute Gasteiger partial charge is 0.320 e. The lowest BCUT2D eigenvalue weighted by Crippen LogP contribution is -2.30. The summed E-state index contributed by atoms with van der Waals surface area (Å²) in [6, 6.07) is -0.925. The zero-order valence-electron chi connectivity index (χ0n) is 13.9. The van der Waals surface area contributed by atoms with Gasteiger partial charge in [-0.15, -0.1) is 0 Å².